The van der Waals surface area contributed by atoms with Crippen molar-refractivity contribution >= 4 is 33.4 Å². The maximum atomic E-state index is 13.7. The molecule has 0 aromatic heterocycles. The van der Waals surface area contributed by atoms with Gasteiger partial charge in [-0.3, -0.25) is 4.79 Å². The number of carbonyl (C=O) groups excluding carboxylic acids is 1. The molecule has 0 saturated heterocycles. The molecule has 1 N–H and O–H groups in total. The molecular weight excluding hydrogens is 333 g/mol. The Bertz CT molecular complexity index is 469. The predicted molar refractivity (Wildman–Crippen MR) is 77.9 cm³/mol. The minimum atomic E-state index is -0.451. The molecular formula is C14H16BrClFNO. The molecule has 0 heterocycles. The van der Waals surface area contributed by atoms with Crippen molar-refractivity contribution in [2.75, 3.05) is 5.33 Å². The summed E-state index contributed by atoms with van der Waals surface area (Å²) in [7, 11) is 0. The van der Waals surface area contributed by atoms with Gasteiger partial charge in [-0.25, -0.2) is 4.39 Å². The summed E-state index contributed by atoms with van der Waals surface area (Å²) in [4.78, 5) is 12.1. The summed E-state index contributed by atoms with van der Waals surface area (Å²) in [6.45, 7) is 0.191. The standard InChI is InChI=1S/C14H16BrClFNO/c15-7-9-3-1-5-11(9)14(19)18-8-10-4-2-6-12(16)13(10)17/h2,4,6,9,11H,1,3,5,7-8H2,(H,18,19)/t9-,11+/m1/s1. The highest BCUT2D eigenvalue weighted by atomic mass is 79.9. The van der Waals surface area contributed by atoms with Gasteiger partial charge in [-0.2, -0.15) is 0 Å². The zero-order valence-electron chi connectivity index (χ0n) is 10.5. The first-order valence-corrected chi connectivity index (χ1v) is 7.90. The molecule has 5 heteroatoms. The molecule has 1 aromatic carbocycles. The molecule has 0 unspecified atom stereocenters. The number of halogens is 3. The van der Waals surface area contributed by atoms with Crippen LogP contribution in [-0.4, -0.2) is 11.2 Å². The first kappa shape index (κ1) is 14.8. The van der Waals surface area contributed by atoms with Crippen LogP contribution in [0.2, 0.25) is 5.02 Å². The molecule has 104 valence electrons. The van der Waals surface area contributed by atoms with Crippen molar-refractivity contribution in [2.45, 2.75) is 25.8 Å². The fourth-order valence-corrected chi connectivity index (χ4v) is 3.53. The van der Waals surface area contributed by atoms with Gasteiger partial charge in [0.1, 0.15) is 5.82 Å². The normalized spacial score (nSPS) is 22.5. The van der Waals surface area contributed by atoms with Gasteiger partial charge < -0.3 is 5.32 Å². The molecule has 1 aliphatic carbocycles. The summed E-state index contributed by atoms with van der Waals surface area (Å²) in [5.74, 6) is 0.0000781. The van der Waals surface area contributed by atoms with E-state index in [1.807, 2.05) is 0 Å². The molecule has 2 atom stereocenters. The van der Waals surface area contributed by atoms with E-state index in [0.29, 0.717) is 11.5 Å². The Morgan fingerprint density at radius 1 is 1.47 bits per heavy atom. The fraction of sp³-hybridized carbons (Fsp3) is 0.500. The molecule has 1 aromatic rings. The highest BCUT2D eigenvalue weighted by molar-refractivity contribution is 9.09. The van der Waals surface area contributed by atoms with Crippen molar-refractivity contribution in [1.82, 2.24) is 5.32 Å². The maximum Gasteiger partial charge on any atom is 0.223 e. The van der Waals surface area contributed by atoms with Crippen molar-refractivity contribution in [2.24, 2.45) is 11.8 Å². The van der Waals surface area contributed by atoms with Crippen LogP contribution in [0.25, 0.3) is 0 Å². The Morgan fingerprint density at radius 3 is 3.00 bits per heavy atom. The first-order valence-electron chi connectivity index (χ1n) is 6.40. The number of hydrogen-bond acceptors (Lipinski definition) is 1. The number of amides is 1. The third-order valence-corrected chi connectivity index (χ3v) is 4.80. The van der Waals surface area contributed by atoms with Gasteiger partial charge in [-0.15, -0.1) is 0 Å². The number of alkyl halides is 1. The number of nitrogens with one attached hydrogen (secondary N) is 1. The van der Waals surface area contributed by atoms with Gasteiger partial charge in [0.05, 0.1) is 5.02 Å². The molecule has 1 aliphatic rings. The molecule has 1 saturated carbocycles. The molecule has 1 fully saturated rings. The molecule has 0 aliphatic heterocycles. The smallest absolute Gasteiger partial charge is 0.223 e. The van der Waals surface area contributed by atoms with Gasteiger partial charge in [0.25, 0.3) is 0 Å². The van der Waals surface area contributed by atoms with Crippen LogP contribution >= 0.6 is 27.5 Å². The van der Waals surface area contributed by atoms with E-state index in [4.69, 9.17) is 11.6 Å². The lowest BCUT2D eigenvalue weighted by molar-refractivity contribution is -0.125. The van der Waals surface area contributed by atoms with Crippen LogP contribution < -0.4 is 5.32 Å². The molecule has 19 heavy (non-hydrogen) atoms. The molecule has 0 bridgehead atoms. The zero-order chi connectivity index (χ0) is 13.8. The number of benzene rings is 1. The second kappa shape index (κ2) is 6.71. The van der Waals surface area contributed by atoms with Crippen molar-refractivity contribution in [1.29, 1.82) is 0 Å². The van der Waals surface area contributed by atoms with Crippen LogP contribution in [0.5, 0.6) is 0 Å². The Hall–Kier alpha value is -0.610. The lowest BCUT2D eigenvalue weighted by Crippen LogP contribution is -2.33. The van der Waals surface area contributed by atoms with Crippen LogP contribution in [0.1, 0.15) is 24.8 Å². The van der Waals surface area contributed by atoms with Gasteiger partial charge in [0, 0.05) is 23.4 Å². The van der Waals surface area contributed by atoms with Crippen LogP contribution in [0.4, 0.5) is 4.39 Å². The van der Waals surface area contributed by atoms with E-state index in [0.717, 1.165) is 24.6 Å². The van der Waals surface area contributed by atoms with E-state index in [2.05, 4.69) is 21.2 Å². The van der Waals surface area contributed by atoms with Crippen LogP contribution in [0.3, 0.4) is 0 Å². The van der Waals surface area contributed by atoms with Crippen molar-refractivity contribution in [3.63, 3.8) is 0 Å². The minimum Gasteiger partial charge on any atom is -0.352 e. The second-order valence-corrected chi connectivity index (χ2v) is 5.94. The molecule has 2 rings (SSSR count). The summed E-state index contributed by atoms with van der Waals surface area (Å²) in [5, 5.41) is 3.75. The van der Waals surface area contributed by atoms with E-state index in [-0.39, 0.29) is 23.4 Å². The van der Waals surface area contributed by atoms with Gasteiger partial charge in [0.2, 0.25) is 5.91 Å². The summed E-state index contributed by atoms with van der Waals surface area (Å²) in [6.07, 6.45) is 3.08. The summed E-state index contributed by atoms with van der Waals surface area (Å²) >= 11 is 9.15. The topological polar surface area (TPSA) is 29.1 Å². The molecule has 0 spiro atoms. The second-order valence-electron chi connectivity index (χ2n) is 4.88. The predicted octanol–water partition coefficient (Wildman–Crippen LogP) is 3.91. The summed E-state index contributed by atoms with van der Waals surface area (Å²) in [6, 6.07) is 4.82. The van der Waals surface area contributed by atoms with E-state index < -0.39 is 5.82 Å². The Labute approximate surface area is 125 Å². The fourth-order valence-electron chi connectivity index (χ4n) is 2.57. The van der Waals surface area contributed by atoms with Crippen molar-refractivity contribution in [3.05, 3.63) is 34.6 Å². The monoisotopic (exact) mass is 347 g/mol. The van der Waals surface area contributed by atoms with E-state index >= 15 is 0 Å². The Balaban J connectivity index is 1.95. The van der Waals surface area contributed by atoms with Crippen molar-refractivity contribution in [3.8, 4) is 0 Å². The Kier molecular flexibility index (Phi) is 5.22. The van der Waals surface area contributed by atoms with E-state index in [1.54, 1.807) is 12.1 Å². The molecule has 0 radical (unpaired) electrons. The number of hydrogen-bond donors (Lipinski definition) is 1. The number of rotatable bonds is 4. The largest absolute Gasteiger partial charge is 0.352 e. The summed E-state index contributed by atoms with van der Waals surface area (Å²) < 4.78 is 13.7. The van der Waals surface area contributed by atoms with E-state index in [9.17, 15) is 9.18 Å². The van der Waals surface area contributed by atoms with Crippen LogP contribution in [0.15, 0.2) is 18.2 Å². The van der Waals surface area contributed by atoms with Crippen LogP contribution in [0, 0.1) is 17.7 Å². The average Bonchev–Trinajstić information content (AvgIpc) is 2.88. The summed E-state index contributed by atoms with van der Waals surface area (Å²) in [5.41, 5.74) is 0.425. The van der Waals surface area contributed by atoms with Crippen molar-refractivity contribution < 1.29 is 9.18 Å². The quantitative estimate of drug-likeness (QED) is 0.821. The molecule has 1 amide bonds. The highest BCUT2D eigenvalue weighted by Crippen LogP contribution is 2.33. The third-order valence-electron chi connectivity index (χ3n) is 3.68. The molecule has 2 nitrogen and oxygen atoms in total. The first-order chi connectivity index (χ1) is 9.13. The zero-order valence-corrected chi connectivity index (χ0v) is 12.8. The van der Waals surface area contributed by atoms with Crippen LogP contribution in [-0.2, 0) is 11.3 Å². The lowest BCUT2D eigenvalue weighted by Gasteiger charge is -2.17. The number of carbonyl (C=O) groups is 1. The van der Waals surface area contributed by atoms with Gasteiger partial charge >= 0.3 is 0 Å². The van der Waals surface area contributed by atoms with Gasteiger partial charge in [0.15, 0.2) is 0 Å². The lowest BCUT2D eigenvalue weighted by atomic mass is 9.97. The highest BCUT2D eigenvalue weighted by Gasteiger charge is 2.31. The average molecular weight is 349 g/mol. The maximum absolute atomic E-state index is 13.7. The van der Waals surface area contributed by atoms with Gasteiger partial charge in [-0.05, 0) is 24.8 Å². The SMILES string of the molecule is O=C(NCc1cccc(Cl)c1F)[C@H]1CCC[C@@H]1CBr. The minimum absolute atomic E-state index is 0.0151. The van der Waals surface area contributed by atoms with E-state index in [1.165, 1.54) is 6.07 Å². The Morgan fingerprint density at radius 2 is 2.26 bits per heavy atom. The van der Waals surface area contributed by atoms with Gasteiger partial charge in [-0.1, -0.05) is 46.1 Å². The third kappa shape index (κ3) is 3.48.